The van der Waals surface area contributed by atoms with Crippen LogP contribution in [0.4, 0.5) is 0 Å². The average molecular weight is 415 g/mol. The largest absolute Gasteiger partial charge is 0.481 e. The quantitative estimate of drug-likeness (QED) is 0.215. The molecule has 3 atom stereocenters. The molecule has 4 nitrogen and oxygen atoms in total. The number of benzene rings is 1. The summed E-state index contributed by atoms with van der Waals surface area (Å²) in [5.41, 5.74) is 0.123. The molecular weight excluding hydrogens is 376 g/mol. The summed E-state index contributed by atoms with van der Waals surface area (Å²) in [7, 11) is 0. The molecule has 1 aliphatic rings. The van der Waals surface area contributed by atoms with Crippen LogP contribution in [0.3, 0.4) is 0 Å². The Bertz CT molecular complexity index is 696. The van der Waals surface area contributed by atoms with Crippen LogP contribution >= 0.6 is 0 Å². The van der Waals surface area contributed by atoms with Crippen molar-refractivity contribution in [3.63, 3.8) is 0 Å². The van der Waals surface area contributed by atoms with E-state index < -0.39 is 11.6 Å². The molecule has 1 heterocycles. The Hall–Kier alpha value is -1.91. The molecule has 30 heavy (non-hydrogen) atoms. The molecule has 0 bridgehead atoms. The van der Waals surface area contributed by atoms with Crippen molar-refractivity contribution < 1.29 is 19.7 Å². The third-order valence-electron chi connectivity index (χ3n) is 5.65. The highest BCUT2D eigenvalue weighted by Crippen LogP contribution is 2.42. The number of carboxylic acids is 1. The Morgan fingerprint density at radius 2 is 1.77 bits per heavy atom. The topological polar surface area (TPSA) is 55.8 Å². The zero-order chi connectivity index (χ0) is 21.9. The molecule has 0 aromatic heterocycles. The SMILES string of the molecule is CC(CCCCCC/C=C\C=C\c1ccccc1)C[C@@]1(C)C[C@](C)(CC(=O)O)OO1. The van der Waals surface area contributed by atoms with Gasteiger partial charge in [0, 0.05) is 6.42 Å². The highest BCUT2D eigenvalue weighted by Gasteiger charge is 2.47. The lowest BCUT2D eigenvalue weighted by molar-refractivity contribution is -0.346. The molecule has 166 valence electrons. The minimum atomic E-state index is -0.847. The van der Waals surface area contributed by atoms with Gasteiger partial charge in [-0.25, -0.2) is 9.78 Å². The van der Waals surface area contributed by atoms with Crippen LogP contribution < -0.4 is 0 Å². The number of rotatable bonds is 13. The minimum Gasteiger partial charge on any atom is -0.481 e. The molecule has 0 saturated carbocycles. The first-order valence-electron chi connectivity index (χ1n) is 11.3. The van der Waals surface area contributed by atoms with Crippen LogP contribution in [0.25, 0.3) is 6.08 Å². The number of hydrogen-bond acceptors (Lipinski definition) is 3. The smallest absolute Gasteiger partial charge is 0.306 e. The molecule has 2 rings (SSSR count). The van der Waals surface area contributed by atoms with Crippen LogP contribution in [0.5, 0.6) is 0 Å². The van der Waals surface area contributed by atoms with Gasteiger partial charge in [-0.05, 0) is 44.6 Å². The summed E-state index contributed by atoms with van der Waals surface area (Å²) in [6, 6.07) is 10.3. The first-order valence-corrected chi connectivity index (χ1v) is 11.3. The summed E-state index contributed by atoms with van der Waals surface area (Å²) in [6.45, 7) is 6.11. The maximum atomic E-state index is 11.0. The first-order chi connectivity index (χ1) is 14.3. The van der Waals surface area contributed by atoms with Crippen LogP contribution in [0.15, 0.2) is 48.6 Å². The van der Waals surface area contributed by atoms with E-state index in [2.05, 4.69) is 55.5 Å². The van der Waals surface area contributed by atoms with Gasteiger partial charge in [-0.3, -0.25) is 4.79 Å². The summed E-state index contributed by atoms with van der Waals surface area (Å²) in [5.74, 6) is -0.311. The summed E-state index contributed by atoms with van der Waals surface area (Å²) in [4.78, 5) is 22.0. The van der Waals surface area contributed by atoms with Gasteiger partial charge in [0.05, 0.1) is 6.42 Å². The van der Waals surface area contributed by atoms with Gasteiger partial charge in [0.15, 0.2) is 0 Å². The van der Waals surface area contributed by atoms with Gasteiger partial charge in [-0.15, -0.1) is 0 Å². The number of hydrogen-bond donors (Lipinski definition) is 1. The van der Waals surface area contributed by atoms with Crippen molar-refractivity contribution >= 4 is 12.0 Å². The molecule has 0 aliphatic carbocycles. The molecule has 0 radical (unpaired) electrons. The van der Waals surface area contributed by atoms with E-state index in [-0.39, 0.29) is 12.0 Å². The van der Waals surface area contributed by atoms with E-state index in [1.165, 1.54) is 37.7 Å². The van der Waals surface area contributed by atoms with Crippen molar-refractivity contribution in [2.24, 2.45) is 5.92 Å². The lowest BCUT2D eigenvalue weighted by atomic mass is 9.81. The molecule has 1 unspecified atom stereocenters. The number of carbonyl (C=O) groups is 1. The highest BCUT2D eigenvalue weighted by atomic mass is 17.2. The van der Waals surface area contributed by atoms with Crippen LogP contribution in [-0.4, -0.2) is 22.3 Å². The summed E-state index contributed by atoms with van der Waals surface area (Å²) in [5, 5.41) is 9.04. The van der Waals surface area contributed by atoms with Crippen molar-refractivity contribution in [1.29, 1.82) is 0 Å². The number of aliphatic carboxylic acids is 1. The van der Waals surface area contributed by atoms with Gasteiger partial charge in [-0.2, -0.15) is 0 Å². The van der Waals surface area contributed by atoms with Gasteiger partial charge in [-0.1, -0.05) is 87.2 Å². The third kappa shape index (κ3) is 9.27. The molecule has 0 spiro atoms. The van der Waals surface area contributed by atoms with Gasteiger partial charge in [0.1, 0.15) is 11.2 Å². The van der Waals surface area contributed by atoms with E-state index in [9.17, 15) is 4.79 Å². The second-order valence-electron chi connectivity index (χ2n) is 9.31. The van der Waals surface area contributed by atoms with Gasteiger partial charge in [0.25, 0.3) is 0 Å². The van der Waals surface area contributed by atoms with Crippen molar-refractivity contribution in [2.45, 2.75) is 89.8 Å². The minimum absolute atomic E-state index is 0.0204. The zero-order valence-corrected chi connectivity index (χ0v) is 18.8. The van der Waals surface area contributed by atoms with Crippen molar-refractivity contribution in [3.05, 3.63) is 54.1 Å². The van der Waals surface area contributed by atoms with Gasteiger partial charge >= 0.3 is 5.97 Å². The maximum Gasteiger partial charge on any atom is 0.306 e. The van der Waals surface area contributed by atoms with E-state index in [1.807, 2.05) is 19.9 Å². The maximum absolute atomic E-state index is 11.0. The normalized spacial score (nSPS) is 25.3. The lowest BCUT2D eigenvalue weighted by Crippen LogP contribution is -2.31. The molecule has 1 saturated heterocycles. The fourth-order valence-electron chi connectivity index (χ4n) is 4.42. The van der Waals surface area contributed by atoms with E-state index in [0.717, 1.165) is 12.8 Å². The Kier molecular flexibility index (Phi) is 9.80. The molecule has 1 aromatic rings. The first kappa shape index (κ1) is 24.4. The summed E-state index contributed by atoms with van der Waals surface area (Å²) >= 11 is 0. The number of carboxylic acid groups (broad SMARTS) is 1. The van der Waals surface area contributed by atoms with E-state index in [4.69, 9.17) is 14.9 Å². The predicted octanol–water partition coefficient (Wildman–Crippen LogP) is 6.97. The van der Waals surface area contributed by atoms with Crippen molar-refractivity contribution in [2.75, 3.05) is 0 Å². The van der Waals surface area contributed by atoms with E-state index in [0.29, 0.717) is 12.3 Å². The molecule has 0 amide bonds. The predicted molar refractivity (Wildman–Crippen MR) is 122 cm³/mol. The molecule has 1 aromatic carbocycles. The summed E-state index contributed by atoms with van der Waals surface area (Å²) in [6.07, 6.45) is 17.4. The monoisotopic (exact) mass is 414 g/mol. The second-order valence-corrected chi connectivity index (χ2v) is 9.31. The van der Waals surface area contributed by atoms with Crippen molar-refractivity contribution in [1.82, 2.24) is 0 Å². The van der Waals surface area contributed by atoms with E-state index >= 15 is 0 Å². The number of unbranched alkanes of at least 4 members (excludes halogenated alkanes) is 4. The third-order valence-corrected chi connectivity index (χ3v) is 5.65. The molecular formula is C26H38O4. The Balaban J connectivity index is 1.53. The number of allylic oxidation sites excluding steroid dienone is 3. The van der Waals surface area contributed by atoms with Gasteiger partial charge in [0.2, 0.25) is 0 Å². The molecule has 1 aliphatic heterocycles. The fourth-order valence-corrected chi connectivity index (χ4v) is 4.42. The Labute approximate surface area is 181 Å². The Morgan fingerprint density at radius 3 is 2.50 bits per heavy atom. The molecule has 1 fully saturated rings. The second kappa shape index (κ2) is 12.1. The van der Waals surface area contributed by atoms with Crippen LogP contribution in [0.2, 0.25) is 0 Å². The van der Waals surface area contributed by atoms with Crippen molar-refractivity contribution in [3.8, 4) is 0 Å². The lowest BCUT2D eigenvalue weighted by Gasteiger charge is -2.25. The zero-order valence-electron chi connectivity index (χ0n) is 18.8. The summed E-state index contributed by atoms with van der Waals surface area (Å²) < 4.78 is 0. The van der Waals surface area contributed by atoms with Crippen LogP contribution in [0, 0.1) is 5.92 Å². The van der Waals surface area contributed by atoms with Gasteiger partial charge < -0.3 is 5.11 Å². The van der Waals surface area contributed by atoms with E-state index in [1.54, 1.807) is 0 Å². The standard InChI is InChI=1S/C26H38O4/c1-22(19-25(2)21-26(3,30-29-25)20-24(27)28)15-11-8-6-4-5-7-9-12-16-23-17-13-10-14-18-23/h7,9-10,12-14,16-18,22H,4-6,8,11,15,19-21H2,1-3H3,(H,27,28)/b9-7-,16-12+/t22?,25-,26-/m0/s1. The average Bonchev–Trinajstić information content (AvgIpc) is 2.97. The van der Waals surface area contributed by atoms with Crippen LogP contribution in [-0.2, 0) is 14.6 Å². The molecule has 1 N–H and O–H groups in total. The fraction of sp³-hybridized carbons (Fsp3) is 0.577. The molecule has 4 heteroatoms. The highest BCUT2D eigenvalue weighted by molar-refractivity contribution is 5.68. The Morgan fingerprint density at radius 1 is 1.07 bits per heavy atom. The van der Waals surface area contributed by atoms with Crippen LogP contribution in [0.1, 0.15) is 84.1 Å².